The molecule has 1 aliphatic rings. The Morgan fingerprint density at radius 1 is 1.00 bits per heavy atom. The molecule has 2 aromatic heterocycles. The van der Waals surface area contributed by atoms with Crippen LogP contribution in [0.15, 0.2) is 85.2 Å². The maximum atomic E-state index is 11.3. The van der Waals surface area contributed by atoms with Crippen LogP contribution in [0.5, 0.6) is 0 Å². The van der Waals surface area contributed by atoms with E-state index in [0.29, 0.717) is 11.5 Å². The van der Waals surface area contributed by atoms with Crippen molar-refractivity contribution in [3.05, 3.63) is 95.3 Å². The van der Waals surface area contributed by atoms with Gasteiger partial charge in [-0.1, -0.05) is 30.3 Å². The minimum Gasteiger partial charge on any atom is -0.357 e. The van der Waals surface area contributed by atoms with Gasteiger partial charge in [-0.3, -0.25) is 10.1 Å². The Labute approximate surface area is 207 Å². The molecule has 0 aliphatic carbocycles. The fourth-order valence-electron chi connectivity index (χ4n) is 4.55. The second-order valence-corrected chi connectivity index (χ2v) is 8.79. The molecule has 1 atom stereocenters. The Morgan fingerprint density at radius 3 is 2.67 bits per heavy atom. The third-order valence-electron chi connectivity index (χ3n) is 6.41. The molecule has 5 aromatic rings. The first-order valence-corrected chi connectivity index (χ1v) is 11.9. The summed E-state index contributed by atoms with van der Waals surface area (Å²) in [4.78, 5) is 10.9. The summed E-state index contributed by atoms with van der Waals surface area (Å²) in [5.74, 6) is 0.673. The molecule has 0 saturated carbocycles. The lowest BCUT2D eigenvalue weighted by molar-refractivity contribution is -0.384. The van der Waals surface area contributed by atoms with Gasteiger partial charge < -0.3 is 10.1 Å². The Balaban J connectivity index is 1.26. The monoisotopic (exact) mass is 480 g/mol. The number of rotatable bonds is 6. The number of non-ortho nitro benzene ring substituents is 1. The number of ether oxygens (including phenoxy) is 1. The van der Waals surface area contributed by atoms with Crippen LogP contribution in [0, 0.1) is 10.1 Å². The van der Waals surface area contributed by atoms with E-state index in [1.165, 1.54) is 12.1 Å². The zero-order chi connectivity index (χ0) is 24.5. The molecule has 1 fully saturated rings. The molecule has 9 nitrogen and oxygen atoms in total. The first-order valence-electron chi connectivity index (χ1n) is 11.9. The van der Waals surface area contributed by atoms with Gasteiger partial charge in [0.25, 0.3) is 5.69 Å². The standard InChI is InChI=1S/C27H24N6O3/c34-33(35)23-7-5-6-22(16-23)32-25-9-2-1-8-24(25)27(30-32)29-21-13-11-19(12-14-21)20-17-28-31(18-20)26-10-3-4-15-36-26/h1-2,5-9,11-14,16-18,26H,3-4,10,15H2,(H,29,30). The molecule has 3 heterocycles. The number of anilines is 2. The summed E-state index contributed by atoms with van der Waals surface area (Å²) in [6, 6.07) is 22.4. The summed E-state index contributed by atoms with van der Waals surface area (Å²) in [6.45, 7) is 0.784. The van der Waals surface area contributed by atoms with Crippen LogP contribution >= 0.6 is 0 Å². The highest BCUT2D eigenvalue weighted by molar-refractivity contribution is 5.93. The highest BCUT2D eigenvalue weighted by Crippen LogP contribution is 2.31. The molecule has 0 amide bonds. The van der Waals surface area contributed by atoms with Crippen LogP contribution in [0.3, 0.4) is 0 Å². The zero-order valence-corrected chi connectivity index (χ0v) is 19.4. The van der Waals surface area contributed by atoms with Crippen LogP contribution in [0.2, 0.25) is 0 Å². The minimum atomic E-state index is -0.401. The van der Waals surface area contributed by atoms with E-state index in [1.54, 1.807) is 10.7 Å². The minimum absolute atomic E-state index is 0.0166. The van der Waals surface area contributed by atoms with Gasteiger partial charge in [0.15, 0.2) is 5.82 Å². The van der Waals surface area contributed by atoms with Crippen LogP contribution in [0.4, 0.5) is 17.2 Å². The van der Waals surface area contributed by atoms with Gasteiger partial charge in [0, 0.05) is 41.6 Å². The van der Waals surface area contributed by atoms with Gasteiger partial charge >= 0.3 is 0 Å². The molecule has 1 N–H and O–H groups in total. The Kier molecular flexibility index (Phi) is 5.67. The number of nitro benzene ring substituents is 1. The molecule has 3 aromatic carbocycles. The number of hydrogen-bond donors (Lipinski definition) is 1. The van der Waals surface area contributed by atoms with Crippen LogP contribution < -0.4 is 5.32 Å². The molecule has 9 heteroatoms. The van der Waals surface area contributed by atoms with Crippen LogP contribution in [-0.4, -0.2) is 31.1 Å². The molecule has 0 spiro atoms. The number of aromatic nitrogens is 4. The molecule has 36 heavy (non-hydrogen) atoms. The van der Waals surface area contributed by atoms with Gasteiger partial charge in [-0.05, 0) is 55.2 Å². The molecule has 180 valence electrons. The summed E-state index contributed by atoms with van der Waals surface area (Å²) in [5.41, 5.74) is 4.50. The van der Waals surface area contributed by atoms with Gasteiger partial charge in [0.2, 0.25) is 0 Å². The van der Waals surface area contributed by atoms with Crippen LogP contribution in [0.1, 0.15) is 25.5 Å². The molecule has 0 radical (unpaired) electrons. The van der Waals surface area contributed by atoms with Gasteiger partial charge in [-0.2, -0.15) is 5.10 Å². The number of fused-ring (bicyclic) bond motifs is 1. The highest BCUT2D eigenvalue weighted by atomic mass is 16.6. The lowest BCUT2D eigenvalue weighted by Gasteiger charge is -2.22. The lowest BCUT2D eigenvalue weighted by atomic mass is 10.1. The summed E-state index contributed by atoms with van der Waals surface area (Å²) < 4.78 is 9.47. The quantitative estimate of drug-likeness (QED) is 0.228. The highest BCUT2D eigenvalue weighted by Gasteiger charge is 2.17. The SMILES string of the molecule is O=[N+]([O-])c1cccc(-n2nc(Nc3ccc(-c4cnn(C5CCCCO5)c4)cc3)c3ccccc32)c1. The fraction of sp³-hybridized carbons (Fsp3) is 0.185. The van der Waals surface area contributed by atoms with Gasteiger partial charge in [-0.15, -0.1) is 5.10 Å². The van der Waals surface area contributed by atoms with E-state index in [4.69, 9.17) is 9.84 Å². The predicted octanol–water partition coefficient (Wildman–Crippen LogP) is 6.24. The molecule has 0 bridgehead atoms. The summed E-state index contributed by atoms with van der Waals surface area (Å²) >= 11 is 0. The van der Waals surface area contributed by atoms with E-state index in [9.17, 15) is 10.1 Å². The van der Waals surface area contributed by atoms with Gasteiger partial charge in [-0.25, -0.2) is 9.36 Å². The normalized spacial score (nSPS) is 15.7. The molecule has 6 rings (SSSR count). The number of nitrogens with zero attached hydrogens (tertiary/aromatic N) is 5. The maximum absolute atomic E-state index is 11.3. The molecule has 1 saturated heterocycles. The van der Waals surface area contributed by atoms with Crippen molar-refractivity contribution >= 4 is 28.1 Å². The Bertz CT molecular complexity index is 1530. The van der Waals surface area contributed by atoms with E-state index in [-0.39, 0.29) is 11.9 Å². The van der Waals surface area contributed by atoms with Crippen LogP contribution in [-0.2, 0) is 4.74 Å². The Hall–Kier alpha value is -4.50. The summed E-state index contributed by atoms with van der Waals surface area (Å²) in [7, 11) is 0. The van der Waals surface area contributed by atoms with Crippen molar-refractivity contribution in [3.63, 3.8) is 0 Å². The molecular weight excluding hydrogens is 456 g/mol. The zero-order valence-electron chi connectivity index (χ0n) is 19.4. The molecular formula is C27H24N6O3. The van der Waals surface area contributed by atoms with Crippen LogP contribution in [0.25, 0.3) is 27.7 Å². The van der Waals surface area contributed by atoms with Crippen molar-refractivity contribution in [3.8, 4) is 16.8 Å². The number of benzene rings is 3. The number of para-hydroxylation sites is 1. The van der Waals surface area contributed by atoms with E-state index in [0.717, 1.165) is 53.6 Å². The van der Waals surface area contributed by atoms with E-state index in [1.807, 2.05) is 71.7 Å². The third kappa shape index (κ3) is 4.20. The average Bonchev–Trinajstić information content (AvgIpc) is 3.56. The number of hydrogen-bond acceptors (Lipinski definition) is 6. The van der Waals surface area contributed by atoms with Crippen molar-refractivity contribution in [1.29, 1.82) is 0 Å². The predicted molar refractivity (Wildman–Crippen MR) is 138 cm³/mol. The number of nitrogens with one attached hydrogen (secondary N) is 1. The van der Waals surface area contributed by atoms with Crippen molar-refractivity contribution in [1.82, 2.24) is 19.6 Å². The second kappa shape index (κ2) is 9.27. The Morgan fingerprint density at radius 2 is 1.86 bits per heavy atom. The second-order valence-electron chi connectivity index (χ2n) is 8.79. The smallest absolute Gasteiger partial charge is 0.271 e. The lowest BCUT2D eigenvalue weighted by Crippen LogP contribution is -2.18. The van der Waals surface area contributed by atoms with Crippen molar-refractivity contribution < 1.29 is 9.66 Å². The van der Waals surface area contributed by atoms with Crippen molar-refractivity contribution in [2.45, 2.75) is 25.5 Å². The van der Waals surface area contributed by atoms with Gasteiger partial charge in [0.05, 0.1) is 22.3 Å². The van der Waals surface area contributed by atoms with Crippen molar-refractivity contribution in [2.24, 2.45) is 0 Å². The van der Waals surface area contributed by atoms with E-state index >= 15 is 0 Å². The van der Waals surface area contributed by atoms with Gasteiger partial charge in [0.1, 0.15) is 6.23 Å². The van der Waals surface area contributed by atoms with E-state index in [2.05, 4.69) is 10.4 Å². The largest absolute Gasteiger partial charge is 0.357 e. The third-order valence-corrected chi connectivity index (χ3v) is 6.41. The first-order chi connectivity index (χ1) is 17.7. The average molecular weight is 481 g/mol. The summed E-state index contributed by atoms with van der Waals surface area (Å²) in [5, 5.41) is 24.8. The van der Waals surface area contributed by atoms with Crippen molar-refractivity contribution in [2.75, 3.05) is 11.9 Å². The first kappa shape index (κ1) is 22.0. The molecule has 1 unspecified atom stereocenters. The topological polar surface area (TPSA) is 100 Å². The maximum Gasteiger partial charge on any atom is 0.271 e. The summed E-state index contributed by atoms with van der Waals surface area (Å²) in [6.07, 6.45) is 7.18. The number of nitro groups is 1. The molecule has 1 aliphatic heterocycles. The fourth-order valence-corrected chi connectivity index (χ4v) is 4.55. The van der Waals surface area contributed by atoms with E-state index < -0.39 is 4.92 Å².